The Bertz CT molecular complexity index is 581. The minimum absolute atomic E-state index is 0.392. The van der Waals surface area contributed by atoms with Crippen LogP contribution in [-0.4, -0.2) is 9.78 Å². The molecule has 0 aliphatic heterocycles. The highest BCUT2D eigenvalue weighted by Crippen LogP contribution is 2.28. The Morgan fingerprint density at radius 2 is 2.12 bits per heavy atom. The smallest absolute Gasteiger partial charge is 0.144 e. The molecule has 0 aliphatic rings. The molecule has 0 aliphatic carbocycles. The monoisotopic (exact) mass is 251 g/mol. The van der Waals surface area contributed by atoms with Crippen molar-refractivity contribution in [3.05, 3.63) is 45.7 Å². The molecule has 0 amide bonds. The Balaban J connectivity index is 2.68. The molecular formula is C11H7Cl2N3. The molecule has 1 heterocycles. The molecule has 0 unspecified atom stereocenters. The zero-order valence-corrected chi connectivity index (χ0v) is 9.92. The molecule has 2 aromatic rings. The topological polar surface area (TPSA) is 41.6 Å². The van der Waals surface area contributed by atoms with Crippen LogP contribution in [0.1, 0.15) is 11.4 Å². The number of halogens is 2. The van der Waals surface area contributed by atoms with Crippen LogP contribution in [0.3, 0.4) is 0 Å². The van der Waals surface area contributed by atoms with Gasteiger partial charge in [0.1, 0.15) is 11.8 Å². The normalized spacial score (nSPS) is 10.1. The second kappa shape index (κ2) is 4.17. The maximum absolute atomic E-state index is 8.97. The fraction of sp³-hybridized carbons (Fsp3) is 0.0909. The average molecular weight is 252 g/mol. The molecule has 0 spiro atoms. The minimum Gasteiger partial charge on any atom is -0.221 e. The minimum atomic E-state index is 0.392. The van der Waals surface area contributed by atoms with Gasteiger partial charge in [-0.15, -0.1) is 0 Å². The van der Waals surface area contributed by atoms with Gasteiger partial charge >= 0.3 is 0 Å². The van der Waals surface area contributed by atoms with E-state index in [4.69, 9.17) is 28.5 Å². The Kier molecular flexibility index (Phi) is 2.86. The van der Waals surface area contributed by atoms with Gasteiger partial charge in [0.2, 0.25) is 0 Å². The van der Waals surface area contributed by atoms with Gasteiger partial charge in [-0.05, 0) is 25.1 Å². The predicted octanol–water partition coefficient (Wildman–Crippen LogP) is 3.36. The fourth-order valence-corrected chi connectivity index (χ4v) is 1.79. The summed E-state index contributed by atoms with van der Waals surface area (Å²) in [4.78, 5) is 0. The van der Waals surface area contributed by atoms with Gasteiger partial charge < -0.3 is 0 Å². The predicted molar refractivity (Wildman–Crippen MR) is 63.0 cm³/mol. The van der Waals surface area contributed by atoms with Gasteiger partial charge in [-0.3, -0.25) is 0 Å². The Morgan fingerprint density at radius 3 is 2.81 bits per heavy atom. The second-order valence-electron chi connectivity index (χ2n) is 3.27. The summed E-state index contributed by atoms with van der Waals surface area (Å²) in [6.07, 6.45) is 0. The molecule has 1 aromatic heterocycles. The molecule has 0 fully saturated rings. The summed E-state index contributed by atoms with van der Waals surface area (Å²) in [7, 11) is 0. The fourth-order valence-electron chi connectivity index (χ4n) is 1.42. The molecule has 80 valence electrons. The third-order valence-corrected chi connectivity index (χ3v) is 2.91. The summed E-state index contributed by atoms with van der Waals surface area (Å²) in [5, 5.41) is 14.0. The van der Waals surface area contributed by atoms with Crippen molar-refractivity contribution in [1.29, 1.82) is 5.26 Å². The molecule has 5 heteroatoms. The van der Waals surface area contributed by atoms with Gasteiger partial charge in [-0.1, -0.05) is 29.3 Å². The molecule has 16 heavy (non-hydrogen) atoms. The lowest BCUT2D eigenvalue weighted by Gasteiger charge is -2.06. The Labute approximate surface area is 103 Å². The van der Waals surface area contributed by atoms with Crippen molar-refractivity contribution < 1.29 is 0 Å². The summed E-state index contributed by atoms with van der Waals surface area (Å²) in [6, 6.07) is 8.97. The van der Waals surface area contributed by atoms with Crippen LogP contribution in [0.5, 0.6) is 0 Å². The van der Waals surface area contributed by atoms with Crippen LogP contribution in [0, 0.1) is 18.3 Å². The van der Waals surface area contributed by atoms with Crippen molar-refractivity contribution in [2.75, 3.05) is 0 Å². The van der Waals surface area contributed by atoms with E-state index < -0.39 is 0 Å². The lowest BCUT2D eigenvalue weighted by molar-refractivity contribution is 0.851. The van der Waals surface area contributed by atoms with E-state index in [0.29, 0.717) is 21.4 Å². The summed E-state index contributed by atoms with van der Waals surface area (Å²) in [5.41, 5.74) is 1.80. The van der Waals surface area contributed by atoms with Crippen LogP contribution in [0.25, 0.3) is 5.69 Å². The van der Waals surface area contributed by atoms with Crippen LogP contribution in [-0.2, 0) is 0 Å². The molecule has 2 rings (SSSR count). The molecule has 1 aromatic carbocycles. The van der Waals surface area contributed by atoms with Gasteiger partial charge in [0.15, 0.2) is 0 Å². The van der Waals surface area contributed by atoms with Crippen LogP contribution >= 0.6 is 23.2 Å². The van der Waals surface area contributed by atoms with Crippen LogP contribution in [0.15, 0.2) is 24.3 Å². The van der Waals surface area contributed by atoms with E-state index in [2.05, 4.69) is 11.2 Å². The van der Waals surface area contributed by atoms with E-state index >= 15 is 0 Å². The SMILES string of the molecule is Cc1cc(C#N)n(-c2cccc(Cl)c2Cl)n1. The highest BCUT2D eigenvalue weighted by molar-refractivity contribution is 6.43. The van der Waals surface area contributed by atoms with Crippen molar-refractivity contribution in [1.82, 2.24) is 9.78 Å². The van der Waals surface area contributed by atoms with Gasteiger partial charge in [0, 0.05) is 0 Å². The first-order chi connectivity index (χ1) is 7.63. The van der Waals surface area contributed by atoms with E-state index in [1.165, 1.54) is 4.68 Å². The summed E-state index contributed by atoms with van der Waals surface area (Å²) < 4.78 is 1.49. The number of rotatable bonds is 1. The average Bonchev–Trinajstić information content (AvgIpc) is 2.63. The number of aryl methyl sites for hydroxylation is 1. The van der Waals surface area contributed by atoms with E-state index in [0.717, 1.165) is 5.69 Å². The molecule has 0 radical (unpaired) electrons. The van der Waals surface area contributed by atoms with Gasteiger partial charge in [0.25, 0.3) is 0 Å². The second-order valence-corrected chi connectivity index (χ2v) is 4.05. The molecule has 0 saturated carbocycles. The maximum Gasteiger partial charge on any atom is 0.144 e. The largest absolute Gasteiger partial charge is 0.221 e. The summed E-state index contributed by atoms with van der Waals surface area (Å²) >= 11 is 12.0. The van der Waals surface area contributed by atoms with Crippen molar-refractivity contribution in [2.24, 2.45) is 0 Å². The third-order valence-electron chi connectivity index (χ3n) is 2.11. The third kappa shape index (κ3) is 1.78. The van der Waals surface area contributed by atoms with E-state index in [1.807, 2.05) is 6.92 Å². The number of nitrogens with zero attached hydrogens (tertiary/aromatic N) is 3. The Hall–Kier alpha value is -1.50. The summed E-state index contributed by atoms with van der Waals surface area (Å²) in [6.45, 7) is 1.82. The number of hydrogen-bond acceptors (Lipinski definition) is 2. The molecule has 0 bridgehead atoms. The lowest BCUT2D eigenvalue weighted by Crippen LogP contribution is -2.00. The van der Waals surface area contributed by atoms with Crippen molar-refractivity contribution in [2.45, 2.75) is 6.92 Å². The van der Waals surface area contributed by atoms with Gasteiger partial charge in [-0.25, -0.2) is 4.68 Å². The van der Waals surface area contributed by atoms with Crippen LogP contribution in [0.2, 0.25) is 10.0 Å². The lowest BCUT2D eigenvalue weighted by atomic mass is 10.3. The summed E-state index contributed by atoms with van der Waals surface area (Å²) in [5.74, 6) is 0. The number of hydrogen-bond donors (Lipinski definition) is 0. The molecular weight excluding hydrogens is 245 g/mol. The zero-order chi connectivity index (χ0) is 11.7. The highest BCUT2D eigenvalue weighted by Gasteiger charge is 2.11. The van der Waals surface area contributed by atoms with Crippen molar-refractivity contribution in [3.63, 3.8) is 0 Å². The first-order valence-electron chi connectivity index (χ1n) is 4.54. The van der Waals surface area contributed by atoms with E-state index in [-0.39, 0.29) is 0 Å². The molecule has 3 nitrogen and oxygen atoms in total. The van der Waals surface area contributed by atoms with Gasteiger partial charge in [-0.2, -0.15) is 10.4 Å². The first-order valence-corrected chi connectivity index (χ1v) is 5.30. The molecule has 0 atom stereocenters. The maximum atomic E-state index is 8.97. The van der Waals surface area contributed by atoms with Crippen molar-refractivity contribution >= 4 is 23.2 Å². The molecule has 0 saturated heterocycles. The first kappa shape index (κ1) is 11.0. The quantitative estimate of drug-likeness (QED) is 0.780. The van der Waals surface area contributed by atoms with Crippen LogP contribution < -0.4 is 0 Å². The highest BCUT2D eigenvalue weighted by atomic mass is 35.5. The number of nitriles is 1. The van der Waals surface area contributed by atoms with Crippen molar-refractivity contribution in [3.8, 4) is 11.8 Å². The number of aromatic nitrogens is 2. The van der Waals surface area contributed by atoms with E-state index in [9.17, 15) is 0 Å². The zero-order valence-electron chi connectivity index (χ0n) is 8.41. The number of benzene rings is 1. The van der Waals surface area contributed by atoms with E-state index in [1.54, 1.807) is 24.3 Å². The van der Waals surface area contributed by atoms with Gasteiger partial charge in [0.05, 0.1) is 21.4 Å². The Morgan fingerprint density at radius 1 is 1.38 bits per heavy atom. The standard InChI is InChI=1S/C11H7Cl2N3/c1-7-5-8(6-14)16(15-7)10-4-2-3-9(12)11(10)13/h2-5H,1H3. The van der Waals surface area contributed by atoms with Crippen LogP contribution in [0.4, 0.5) is 0 Å². The molecule has 0 N–H and O–H groups in total.